The van der Waals surface area contributed by atoms with Crippen LogP contribution >= 0.6 is 0 Å². The second kappa shape index (κ2) is 8.40. The van der Waals surface area contributed by atoms with Gasteiger partial charge in [0, 0.05) is 10.9 Å². The standard InChI is InChI=1S/C15H12F6N2O8S2/c1-2-31-13(26)11-6-8-5-9(3-4-10(8)22(11)7-12(24)25)23(32(27,28)14(16,17)18)33(29,30)15(19,20)21/h3-6H,2,7H2,1H3,(H,24,25). The number of alkyl halides is 6. The number of halogens is 6. The van der Waals surface area contributed by atoms with Crippen LogP contribution in [-0.2, 0) is 36.1 Å². The number of carbonyl (C=O) groups excluding carboxylic acids is 1. The molecule has 0 radical (unpaired) electrons. The van der Waals surface area contributed by atoms with Gasteiger partial charge >= 0.3 is 43.0 Å². The van der Waals surface area contributed by atoms with Crippen LogP contribution in [-0.4, -0.2) is 56.1 Å². The van der Waals surface area contributed by atoms with E-state index in [9.17, 15) is 52.8 Å². The van der Waals surface area contributed by atoms with Gasteiger partial charge in [-0.25, -0.2) is 4.79 Å². The molecule has 0 spiro atoms. The van der Waals surface area contributed by atoms with Gasteiger partial charge in [-0.1, -0.05) is 0 Å². The molecule has 0 aliphatic heterocycles. The Bertz CT molecular complexity index is 1270. The zero-order valence-electron chi connectivity index (χ0n) is 16.0. The number of anilines is 1. The summed E-state index contributed by atoms with van der Waals surface area (Å²) >= 11 is 0. The molecule has 1 N–H and O–H groups in total. The van der Waals surface area contributed by atoms with Gasteiger partial charge in [0.15, 0.2) is 0 Å². The Hall–Kier alpha value is -3.02. The SMILES string of the molecule is CCOC(=O)c1cc2cc(N(S(=O)(=O)C(F)(F)F)S(=O)(=O)C(F)(F)F)ccc2n1CC(=O)O. The lowest BCUT2D eigenvalue weighted by molar-refractivity contribution is -0.137. The number of esters is 1. The van der Waals surface area contributed by atoms with Crippen LogP contribution in [0.1, 0.15) is 17.4 Å². The fourth-order valence-corrected chi connectivity index (χ4v) is 5.35. The van der Waals surface area contributed by atoms with E-state index in [-0.39, 0.29) is 18.2 Å². The lowest BCUT2D eigenvalue weighted by Gasteiger charge is -2.25. The number of ether oxygens (including phenoxy) is 1. The summed E-state index contributed by atoms with van der Waals surface area (Å²) in [7, 11) is -14.2. The number of carbonyl (C=O) groups is 2. The minimum atomic E-state index is -7.12. The molecule has 0 bridgehead atoms. The molecule has 1 heterocycles. The maximum Gasteiger partial charge on any atom is 0.517 e. The highest BCUT2D eigenvalue weighted by Gasteiger charge is 2.61. The molecule has 1 aromatic heterocycles. The summed E-state index contributed by atoms with van der Waals surface area (Å²) in [4.78, 5) is 23.2. The zero-order valence-corrected chi connectivity index (χ0v) is 17.6. The number of hydrogen-bond acceptors (Lipinski definition) is 7. The van der Waals surface area contributed by atoms with Crippen molar-refractivity contribution < 1.29 is 62.6 Å². The lowest BCUT2D eigenvalue weighted by Crippen LogP contribution is -2.49. The normalized spacial score (nSPS) is 13.2. The van der Waals surface area contributed by atoms with E-state index in [4.69, 9.17) is 9.84 Å². The largest absolute Gasteiger partial charge is 0.517 e. The molecule has 0 aliphatic carbocycles. The number of aromatic nitrogens is 1. The van der Waals surface area contributed by atoms with Crippen molar-refractivity contribution in [2.75, 3.05) is 10.3 Å². The van der Waals surface area contributed by atoms with E-state index >= 15 is 0 Å². The number of nitrogens with zero attached hydrogens (tertiary/aromatic N) is 2. The van der Waals surface area contributed by atoms with Crippen LogP contribution < -0.4 is 3.71 Å². The Balaban J connectivity index is 2.88. The van der Waals surface area contributed by atoms with E-state index in [1.165, 1.54) is 6.92 Å². The van der Waals surface area contributed by atoms with Gasteiger partial charge in [-0.05, 0) is 31.2 Å². The maximum absolute atomic E-state index is 13.0. The molecule has 0 atom stereocenters. The minimum absolute atomic E-state index is 0.180. The molecule has 0 unspecified atom stereocenters. The summed E-state index contributed by atoms with van der Waals surface area (Å²) < 4.78 is 129. The van der Waals surface area contributed by atoms with Gasteiger partial charge < -0.3 is 14.4 Å². The predicted octanol–water partition coefficient (Wildman–Crippen LogP) is 2.41. The van der Waals surface area contributed by atoms with Gasteiger partial charge in [-0.15, -0.1) is 3.71 Å². The number of sulfonamides is 2. The molecule has 0 saturated carbocycles. The van der Waals surface area contributed by atoms with Crippen molar-refractivity contribution in [2.24, 2.45) is 0 Å². The molecule has 2 aromatic rings. The number of fused-ring (bicyclic) bond motifs is 1. The van der Waals surface area contributed by atoms with E-state index in [0.717, 1.165) is 10.6 Å². The van der Waals surface area contributed by atoms with Gasteiger partial charge in [0.1, 0.15) is 12.2 Å². The molecule has 2 rings (SSSR count). The van der Waals surface area contributed by atoms with Crippen LogP contribution in [0.15, 0.2) is 24.3 Å². The van der Waals surface area contributed by atoms with Crippen LogP contribution in [0.25, 0.3) is 10.9 Å². The number of carboxylic acids is 1. The Morgan fingerprint density at radius 1 is 1.00 bits per heavy atom. The highest BCUT2D eigenvalue weighted by molar-refractivity contribution is 8.11. The second-order valence-corrected chi connectivity index (χ2v) is 9.86. The van der Waals surface area contributed by atoms with Gasteiger partial charge in [0.25, 0.3) is 0 Å². The Kier molecular flexibility index (Phi) is 6.68. The number of carboxylic acid groups (broad SMARTS) is 1. The Morgan fingerprint density at radius 2 is 1.52 bits per heavy atom. The molecule has 18 heteroatoms. The summed E-state index contributed by atoms with van der Waals surface area (Å²) in [6, 6.07) is 2.03. The first-order valence-corrected chi connectivity index (χ1v) is 11.2. The number of rotatable bonds is 7. The molecule has 0 fully saturated rings. The molecule has 33 heavy (non-hydrogen) atoms. The molecule has 1 aromatic carbocycles. The lowest BCUT2D eigenvalue weighted by atomic mass is 10.2. The summed E-state index contributed by atoms with van der Waals surface area (Å²) in [5.41, 5.74) is -15.2. The summed E-state index contributed by atoms with van der Waals surface area (Å²) in [6.45, 7) is 0.310. The van der Waals surface area contributed by atoms with Crippen molar-refractivity contribution in [3.8, 4) is 0 Å². The van der Waals surface area contributed by atoms with E-state index < -0.39 is 70.0 Å². The van der Waals surface area contributed by atoms with Crippen molar-refractivity contribution in [3.63, 3.8) is 0 Å². The van der Waals surface area contributed by atoms with Gasteiger partial charge in [0.05, 0.1) is 12.3 Å². The third-order valence-electron chi connectivity index (χ3n) is 3.90. The summed E-state index contributed by atoms with van der Waals surface area (Å²) in [5, 5.41) is 8.58. The number of benzene rings is 1. The van der Waals surface area contributed by atoms with E-state index in [1.54, 1.807) is 0 Å². The van der Waals surface area contributed by atoms with Crippen molar-refractivity contribution in [1.82, 2.24) is 4.57 Å². The highest BCUT2D eigenvalue weighted by atomic mass is 32.3. The molecule has 0 amide bonds. The Labute approximate surface area is 181 Å². The fourth-order valence-electron chi connectivity index (χ4n) is 2.65. The average molecular weight is 526 g/mol. The molecular weight excluding hydrogens is 514 g/mol. The van der Waals surface area contributed by atoms with Crippen LogP contribution in [0.4, 0.5) is 32.0 Å². The Morgan fingerprint density at radius 3 is 1.94 bits per heavy atom. The molecule has 0 saturated heterocycles. The summed E-state index contributed by atoms with van der Waals surface area (Å²) in [6.07, 6.45) is 0. The zero-order chi connectivity index (χ0) is 25.6. The first kappa shape index (κ1) is 26.2. The van der Waals surface area contributed by atoms with E-state index in [1.807, 2.05) is 0 Å². The quantitative estimate of drug-likeness (QED) is 0.429. The van der Waals surface area contributed by atoms with Gasteiger partial charge in [0.2, 0.25) is 0 Å². The number of aliphatic carboxylic acids is 1. The molecular formula is C15H12F6N2O8S2. The smallest absolute Gasteiger partial charge is 0.480 e. The van der Waals surface area contributed by atoms with Crippen LogP contribution in [0.3, 0.4) is 0 Å². The third-order valence-corrected chi connectivity index (χ3v) is 7.54. The van der Waals surface area contributed by atoms with Crippen molar-refractivity contribution in [2.45, 2.75) is 24.5 Å². The second-order valence-electron chi connectivity index (χ2n) is 6.07. The molecule has 10 nitrogen and oxygen atoms in total. The first-order chi connectivity index (χ1) is 14.9. The molecule has 0 aliphatic rings. The van der Waals surface area contributed by atoms with E-state index in [0.29, 0.717) is 12.1 Å². The van der Waals surface area contributed by atoms with Crippen LogP contribution in [0.5, 0.6) is 0 Å². The maximum atomic E-state index is 13.0. The first-order valence-electron chi connectivity index (χ1n) is 8.31. The van der Waals surface area contributed by atoms with E-state index in [2.05, 4.69) is 0 Å². The number of hydrogen-bond donors (Lipinski definition) is 1. The van der Waals surface area contributed by atoms with Crippen LogP contribution in [0.2, 0.25) is 0 Å². The van der Waals surface area contributed by atoms with Crippen LogP contribution in [0, 0.1) is 0 Å². The van der Waals surface area contributed by atoms with Crippen molar-refractivity contribution in [3.05, 3.63) is 30.0 Å². The van der Waals surface area contributed by atoms with Crippen molar-refractivity contribution in [1.29, 1.82) is 0 Å². The third kappa shape index (κ3) is 4.70. The highest BCUT2D eigenvalue weighted by Crippen LogP contribution is 2.39. The minimum Gasteiger partial charge on any atom is -0.480 e. The van der Waals surface area contributed by atoms with Gasteiger partial charge in [-0.3, -0.25) is 4.79 Å². The summed E-state index contributed by atoms with van der Waals surface area (Å²) in [5.74, 6) is -2.61. The van der Waals surface area contributed by atoms with Crippen molar-refractivity contribution >= 4 is 48.6 Å². The fraction of sp³-hybridized carbons (Fsp3) is 0.333. The molecule has 184 valence electrons. The predicted molar refractivity (Wildman–Crippen MR) is 98.0 cm³/mol. The van der Waals surface area contributed by atoms with Gasteiger partial charge in [-0.2, -0.15) is 43.2 Å². The monoisotopic (exact) mass is 526 g/mol. The topological polar surface area (TPSA) is 140 Å². The average Bonchev–Trinajstić information content (AvgIpc) is 2.97.